The summed E-state index contributed by atoms with van der Waals surface area (Å²) in [5, 5.41) is 0. The highest BCUT2D eigenvalue weighted by molar-refractivity contribution is 5.79. The molecule has 0 saturated carbocycles. The number of hydrogen-bond donors (Lipinski definition) is 1. The van der Waals surface area contributed by atoms with E-state index in [-0.39, 0.29) is 0 Å². The number of aromatic nitrogens is 2. The number of anilines is 1. The second-order valence-electron chi connectivity index (χ2n) is 5.94. The normalized spacial score (nSPS) is 15.1. The predicted molar refractivity (Wildman–Crippen MR) is 89.6 cm³/mol. The van der Waals surface area contributed by atoms with Gasteiger partial charge in [0.15, 0.2) is 0 Å². The van der Waals surface area contributed by atoms with Gasteiger partial charge in [-0.15, -0.1) is 0 Å². The number of nitrogens with two attached hydrogens (primary N) is 1. The molecule has 2 aromatic carbocycles. The van der Waals surface area contributed by atoms with Crippen LogP contribution in [-0.2, 0) is 19.5 Å². The third kappa shape index (κ3) is 2.46. The van der Waals surface area contributed by atoms with E-state index < -0.39 is 0 Å². The second-order valence-corrected chi connectivity index (χ2v) is 5.94. The third-order valence-electron chi connectivity index (χ3n) is 4.42. The minimum absolute atomic E-state index is 0.781. The summed E-state index contributed by atoms with van der Waals surface area (Å²) in [7, 11) is 0. The lowest BCUT2D eigenvalue weighted by molar-refractivity contribution is 0.222. The van der Waals surface area contributed by atoms with Crippen LogP contribution in [-0.4, -0.2) is 27.5 Å². The number of benzene rings is 2. The molecule has 1 aromatic heterocycles. The van der Waals surface area contributed by atoms with Gasteiger partial charge in [0, 0.05) is 25.3 Å². The Balaban J connectivity index is 1.50. The van der Waals surface area contributed by atoms with Crippen molar-refractivity contribution in [3.05, 3.63) is 59.9 Å². The molecule has 1 aliphatic rings. The highest BCUT2D eigenvalue weighted by Gasteiger charge is 2.19. The smallest absolute Gasteiger partial charge is 0.124 e. The highest BCUT2D eigenvalue weighted by Crippen LogP contribution is 2.22. The standard InChI is InChI=1S/C18H20N4/c19-15-6-7-17-16(12-15)20-18-13-21(10-11-22(17)18)9-8-14-4-2-1-3-5-14/h1-7,12H,8-11,13,19H2. The summed E-state index contributed by atoms with van der Waals surface area (Å²) >= 11 is 0. The van der Waals surface area contributed by atoms with Gasteiger partial charge in [-0.2, -0.15) is 0 Å². The van der Waals surface area contributed by atoms with Gasteiger partial charge >= 0.3 is 0 Å². The Labute approximate surface area is 130 Å². The molecule has 1 aliphatic heterocycles. The molecule has 0 bridgehead atoms. The van der Waals surface area contributed by atoms with Crippen molar-refractivity contribution in [2.75, 3.05) is 18.8 Å². The topological polar surface area (TPSA) is 47.1 Å². The van der Waals surface area contributed by atoms with Crippen molar-refractivity contribution in [2.45, 2.75) is 19.5 Å². The van der Waals surface area contributed by atoms with E-state index in [1.54, 1.807) is 0 Å². The first-order chi connectivity index (χ1) is 10.8. The zero-order valence-electron chi connectivity index (χ0n) is 12.6. The zero-order valence-corrected chi connectivity index (χ0v) is 12.6. The lowest BCUT2D eigenvalue weighted by Crippen LogP contribution is -2.35. The van der Waals surface area contributed by atoms with Crippen LogP contribution < -0.4 is 5.73 Å². The molecule has 4 nitrogen and oxygen atoms in total. The molecule has 22 heavy (non-hydrogen) atoms. The van der Waals surface area contributed by atoms with E-state index in [4.69, 9.17) is 10.7 Å². The monoisotopic (exact) mass is 292 g/mol. The fraction of sp³-hybridized carbons (Fsp3) is 0.278. The van der Waals surface area contributed by atoms with E-state index in [1.165, 1.54) is 11.1 Å². The summed E-state index contributed by atoms with van der Waals surface area (Å²) in [5.41, 5.74) is 10.3. The summed E-state index contributed by atoms with van der Waals surface area (Å²) < 4.78 is 2.33. The highest BCUT2D eigenvalue weighted by atomic mass is 15.2. The average Bonchev–Trinajstić information content (AvgIpc) is 2.90. The number of nitrogen functional groups attached to an aromatic ring is 1. The van der Waals surface area contributed by atoms with Crippen LogP contribution in [0.5, 0.6) is 0 Å². The van der Waals surface area contributed by atoms with Crippen molar-refractivity contribution in [3.63, 3.8) is 0 Å². The first-order valence-corrected chi connectivity index (χ1v) is 7.80. The lowest BCUT2D eigenvalue weighted by atomic mass is 10.1. The quantitative estimate of drug-likeness (QED) is 0.755. The maximum absolute atomic E-state index is 5.86. The van der Waals surface area contributed by atoms with E-state index >= 15 is 0 Å². The lowest BCUT2D eigenvalue weighted by Gasteiger charge is -2.27. The molecule has 0 amide bonds. The molecule has 0 unspecified atom stereocenters. The van der Waals surface area contributed by atoms with Crippen LogP contribution >= 0.6 is 0 Å². The zero-order chi connectivity index (χ0) is 14.9. The van der Waals surface area contributed by atoms with Crippen LogP contribution in [0.4, 0.5) is 5.69 Å². The van der Waals surface area contributed by atoms with E-state index in [0.29, 0.717) is 0 Å². The Kier molecular flexibility index (Phi) is 3.31. The number of rotatable bonds is 3. The van der Waals surface area contributed by atoms with Crippen molar-refractivity contribution < 1.29 is 0 Å². The maximum atomic E-state index is 5.86. The molecule has 0 aliphatic carbocycles. The fourth-order valence-electron chi connectivity index (χ4n) is 3.21. The van der Waals surface area contributed by atoms with E-state index in [9.17, 15) is 0 Å². The Morgan fingerprint density at radius 1 is 1.05 bits per heavy atom. The second kappa shape index (κ2) is 5.46. The molecule has 0 spiro atoms. The fourth-order valence-corrected chi connectivity index (χ4v) is 3.21. The van der Waals surface area contributed by atoms with Crippen LogP contribution in [0, 0.1) is 0 Å². The van der Waals surface area contributed by atoms with Gasteiger partial charge in [0.25, 0.3) is 0 Å². The van der Waals surface area contributed by atoms with Crippen LogP contribution in [0.2, 0.25) is 0 Å². The van der Waals surface area contributed by atoms with E-state index in [2.05, 4.69) is 45.9 Å². The van der Waals surface area contributed by atoms with E-state index in [0.717, 1.165) is 49.6 Å². The first-order valence-electron chi connectivity index (χ1n) is 7.80. The number of fused-ring (bicyclic) bond motifs is 3. The summed E-state index contributed by atoms with van der Waals surface area (Å²) in [6.07, 6.45) is 1.09. The average molecular weight is 292 g/mol. The van der Waals surface area contributed by atoms with Crippen LogP contribution in [0.1, 0.15) is 11.4 Å². The van der Waals surface area contributed by atoms with Crippen molar-refractivity contribution >= 4 is 16.7 Å². The summed E-state index contributed by atoms with van der Waals surface area (Å²) in [5.74, 6) is 1.15. The Bertz CT molecular complexity index is 791. The molecule has 0 atom stereocenters. The van der Waals surface area contributed by atoms with Crippen molar-refractivity contribution in [1.29, 1.82) is 0 Å². The van der Waals surface area contributed by atoms with Gasteiger partial charge in [-0.3, -0.25) is 4.90 Å². The molecule has 0 saturated heterocycles. The van der Waals surface area contributed by atoms with Gasteiger partial charge in [-0.1, -0.05) is 30.3 Å². The van der Waals surface area contributed by atoms with Gasteiger partial charge < -0.3 is 10.3 Å². The van der Waals surface area contributed by atoms with Crippen molar-refractivity contribution in [3.8, 4) is 0 Å². The van der Waals surface area contributed by atoms with Crippen molar-refractivity contribution in [2.24, 2.45) is 0 Å². The Hall–Kier alpha value is -2.33. The molecule has 4 heteroatoms. The SMILES string of the molecule is Nc1ccc2c(c1)nc1n2CCN(CCc2ccccc2)C1. The number of nitrogens with zero attached hydrogens (tertiary/aromatic N) is 3. The van der Waals surface area contributed by atoms with Gasteiger partial charge in [0.2, 0.25) is 0 Å². The van der Waals surface area contributed by atoms with Crippen LogP contribution in [0.15, 0.2) is 48.5 Å². The minimum Gasteiger partial charge on any atom is -0.399 e. The van der Waals surface area contributed by atoms with Gasteiger partial charge in [-0.25, -0.2) is 4.98 Å². The predicted octanol–water partition coefficient (Wildman–Crippen LogP) is 2.68. The molecule has 0 radical (unpaired) electrons. The number of hydrogen-bond acceptors (Lipinski definition) is 3. The molecular formula is C18H20N4. The Morgan fingerprint density at radius 3 is 2.77 bits per heavy atom. The molecule has 3 aromatic rings. The minimum atomic E-state index is 0.781. The molecule has 0 fully saturated rings. The Morgan fingerprint density at radius 2 is 1.91 bits per heavy atom. The molecule has 4 rings (SSSR count). The van der Waals surface area contributed by atoms with Crippen LogP contribution in [0.25, 0.3) is 11.0 Å². The first kappa shape index (κ1) is 13.3. The van der Waals surface area contributed by atoms with E-state index in [1.807, 2.05) is 12.1 Å². The molecule has 2 N–H and O–H groups in total. The molecule has 112 valence electrons. The summed E-state index contributed by atoms with van der Waals surface area (Å²) in [6, 6.07) is 16.7. The van der Waals surface area contributed by atoms with Gasteiger partial charge in [0.05, 0.1) is 17.6 Å². The van der Waals surface area contributed by atoms with Gasteiger partial charge in [-0.05, 0) is 30.2 Å². The van der Waals surface area contributed by atoms with Crippen LogP contribution in [0.3, 0.4) is 0 Å². The van der Waals surface area contributed by atoms with Gasteiger partial charge in [0.1, 0.15) is 5.82 Å². The third-order valence-corrected chi connectivity index (χ3v) is 4.42. The molecule has 2 heterocycles. The summed E-state index contributed by atoms with van der Waals surface area (Å²) in [6.45, 7) is 4.08. The summed E-state index contributed by atoms with van der Waals surface area (Å²) in [4.78, 5) is 7.24. The van der Waals surface area contributed by atoms with Crippen molar-refractivity contribution in [1.82, 2.24) is 14.5 Å². The maximum Gasteiger partial charge on any atom is 0.124 e. The molecular weight excluding hydrogens is 272 g/mol. The largest absolute Gasteiger partial charge is 0.399 e. The number of imidazole rings is 1.